The van der Waals surface area contributed by atoms with Crippen LogP contribution in [0.25, 0.3) is 0 Å². The second-order valence-corrected chi connectivity index (χ2v) is 7.91. The van der Waals surface area contributed by atoms with Gasteiger partial charge in [0.1, 0.15) is 5.60 Å². The molecule has 2 saturated heterocycles. The summed E-state index contributed by atoms with van der Waals surface area (Å²) in [5.41, 5.74) is 3.31. The predicted molar refractivity (Wildman–Crippen MR) is 88.6 cm³/mol. The van der Waals surface area contributed by atoms with Crippen molar-refractivity contribution < 1.29 is 9.53 Å². The van der Waals surface area contributed by atoms with E-state index in [-0.39, 0.29) is 6.09 Å². The van der Waals surface area contributed by atoms with Crippen molar-refractivity contribution in [2.75, 3.05) is 13.1 Å². The Morgan fingerprint density at radius 1 is 1.05 bits per heavy atom. The fourth-order valence-electron chi connectivity index (χ4n) is 3.40. The highest BCUT2D eigenvalue weighted by Gasteiger charge is 2.30. The van der Waals surface area contributed by atoms with E-state index in [9.17, 15) is 4.79 Å². The monoisotopic (exact) mass is 311 g/mol. The van der Waals surface area contributed by atoms with Gasteiger partial charge in [-0.05, 0) is 60.3 Å². The first kappa shape index (κ1) is 17.5. The molecule has 128 valence electrons. The van der Waals surface area contributed by atoms with Gasteiger partial charge < -0.3 is 9.64 Å². The lowest BCUT2D eigenvalue weighted by Gasteiger charge is -2.43. The number of carbonyl (C=O) groups is 1. The molecule has 2 aliphatic rings. The molecule has 0 aromatic heterocycles. The molecule has 0 radical (unpaired) electrons. The van der Waals surface area contributed by atoms with Gasteiger partial charge in [-0.25, -0.2) is 9.80 Å². The van der Waals surface area contributed by atoms with E-state index >= 15 is 0 Å². The van der Waals surface area contributed by atoms with Crippen molar-refractivity contribution in [3.8, 4) is 0 Å². The number of nitrogens with one attached hydrogen (secondary N) is 1. The van der Waals surface area contributed by atoms with E-state index < -0.39 is 5.60 Å². The van der Waals surface area contributed by atoms with Crippen molar-refractivity contribution in [2.24, 2.45) is 0 Å². The van der Waals surface area contributed by atoms with Crippen LogP contribution in [0.4, 0.5) is 4.79 Å². The summed E-state index contributed by atoms with van der Waals surface area (Å²) in [7, 11) is 0. The fraction of sp³-hybridized carbons (Fsp3) is 0.941. The molecule has 0 bridgehead atoms. The lowest BCUT2D eigenvalue weighted by Crippen LogP contribution is -2.57. The first-order valence-electron chi connectivity index (χ1n) is 8.78. The fourth-order valence-corrected chi connectivity index (χ4v) is 3.40. The number of piperidine rings is 2. The standard InChI is InChI=1S/C17H33N3O2/c1-13-7-6-8-14(2)20(13)18-15-9-11-19(12-10-15)16(21)22-17(3,4)5/h13-15,18H,6-12H2,1-5H3. The summed E-state index contributed by atoms with van der Waals surface area (Å²) < 4.78 is 5.45. The van der Waals surface area contributed by atoms with Gasteiger partial charge in [-0.1, -0.05) is 6.42 Å². The van der Waals surface area contributed by atoms with Crippen LogP contribution in [0, 0.1) is 0 Å². The van der Waals surface area contributed by atoms with E-state index in [0.717, 1.165) is 25.9 Å². The minimum atomic E-state index is -0.412. The molecule has 2 heterocycles. The van der Waals surface area contributed by atoms with Gasteiger partial charge in [0.05, 0.1) is 0 Å². The van der Waals surface area contributed by atoms with Crippen molar-refractivity contribution in [3.63, 3.8) is 0 Å². The zero-order chi connectivity index (χ0) is 16.3. The number of carbonyl (C=O) groups excluding carboxylic acids is 1. The Kier molecular flexibility index (Phi) is 5.72. The summed E-state index contributed by atoms with van der Waals surface area (Å²) in [6, 6.07) is 1.68. The maximum Gasteiger partial charge on any atom is 0.410 e. The average molecular weight is 311 g/mol. The van der Waals surface area contributed by atoms with E-state index in [4.69, 9.17) is 4.74 Å². The summed E-state index contributed by atoms with van der Waals surface area (Å²) in [5, 5.41) is 2.44. The Morgan fingerprint density at radius 3 is 2.09 bits per heavy atom. The third-order valence-electron chi connectivity index (χ3n) is 4.67. The second kappa shape index (κ2) is 7.18. The van der Waals surface area contributed by atoms with Crippen molar-refractivity contribution in [2.45, 2.75) is 90.4 Å². The molecular weight excluding hydrogens is 278 g/mol. The summed E-state index contributed by atoms with van der Waals surface area (Å²) >= 11 is 0. The van der Waals surface area contributed by atoms with E-state index in [1.165, 1.54) is 19.3 Å². The lowest BCUT2D eigenvalue weighted by molar-refractivity contribution is 0.00197. The minimum absolute atomic E-state index is 0.175. The van der Waals surface area contributed by atoms with Crippen molar-refractivity contribution >= 4 is 6.09 Å². The first-order chi connectivity index (χ1) is 10.3. The molecule has 2 unspecified atom stereocenters. The summed E-state index contributed by atoms with van der Waals surface area (Å²) in [5.74, 6) is 0. The summed E-state index contributed by atoms with van der Waals surface area (Å²) in [6.07, 6.45) is 5.69. The van der Waals surface area contributed by atoms with Gasteiger partial charge in [0.15, 0.2) is 0 Å². The van der Waals surface area contributed by atoms with Gasteiger partial charge in [0, 0.05) is 31.2 Å². The highest BCUT2D eigenvalue weighted by atomic mass is 16.6. The average Bonchev–Trinajstić information content (AvgIpc) is 2.42. The number of hydrazine groups is 1. The molecule has 2 aliphatic heterocycles. The van der Waals surface area contributed by atoms with Crippen LogP contribution in [0.1, 0.15) is 66.7 Å². The van der Waals surface area contributed by atoms with E-state index in [2.05, 4.69) is 24.3 Å². The number of rotatable bonds is 2. The van der Waals surface area contributed by atoms with Crippen LogP contribution in [0.3, 0.4) is 0 Å². The van der Waals surface area contributed by atoms with Crippen LogP contribution >= 0.6 is 0 Å². The van der Waals surface area contributed by atoms with Gasteiger partial charge in [-0.15, -0.1) is 0 Å². The number of ether oxygens (including phenoxy) is 1. The van der Waals surface area contributed by atoms with E-state index in [1.54, 1.807) is 0 Å². The number of amides is 1. The van der Waals surface area contributed by atoms with E-state index in [1.807, 2.05) is 25.7 Å². The molecule has 2 rings (SSSR count). The molecule has 5 heteroatoms. The molecule has 0 saturated carbocycles. The maximum atomic E-state index is 12.1. The number of likely N-dealkylation sites (tertiary alicyclic amines) is 1. The quantitative estimate of drug-likeness (QED) is 0.851. The van der Waals surface area contributed by atoms with Crippen LogP contribution in [0.5, 0.6) is 0 Å². The Morgan fingerprint density at radius 2 is 1.59 bits per heavy atom. The van der Waals surface area contributed by atoms with Crippen LogP contribution in [-0.4, -0.2) is 52.8 Å². The first-order valence-corrected chi connectivity index (χ1v) is 8.78. The third-order valence-corrected chi connectivity index (χ3v) is 4.67. The Hall–Kier alpha value is -0.810. The van der Waals surface area contributed by atoms with Crippen LogP contribution in [0.15, 0.2) is 0 Å². The number of hydrogen-bond donors (Lipinski definition) is 1. The van der Waals surface area contributed by atoms with Gasteiger partial charge >= 0.3 is 6.09 Å². The van der Waals surface area contributed by atoms with Crippen molar-refractivity contribution in [1.82, 2.24) is 15.3 Å². The molecule has 2 fully saturated rings. The highest BCUT2D eigenvalue weighted by molar-refractivity contribution is 5.68. The molecule has 0 aromatic rings. The van der Waals surface area contributed by atoms with Gasteiger partial charge in [-0.2, -0.15) is 0 Å². The van der Waals surface area contributed by atoms with Crippen LogP contribution in [-0.2, 0) is 4.74 Å². The molecule has 0 aromatic carbocycles. The van der Waals surface area contributed by atoms with Crippen LogP contribution in [0.2, 0.25) is 0 Å². The normalized spacial score (nSPS) is 28.7. The number of nitrogens with zero attached hydrogens (tertiary/aromatic N) is 2. The van der Waals surface area contributed by atoms with Crippen molar-refractivity contribution in [1.29, 1.82) is 0 Å². The predicted octanol–water partition coefficient (Wildman–Crippen LogP) is 3.15. The Bertz CT molecular complexity index is 363. The molecule has 1 amide bonds. The topological polar surface area (TPSA) is 44.8 Å². The molecule has 0 spiro atoms. The molecule has 22 heavy (non-hydrogen) atoms. The SMILES string of the molecule is CC1CCCC(C)N1NC1CCN(C(=O)OC(C)(C)C)CC1. The van der Waals surface area contributed by atoms with E-state index in [0.29, 0.717) is 18.1 Å². The molecular formula is C17H33N3O2. The van der Waals surface area contributed by atoms with Crippen LogP contribution < -0.4 is 5.43 Å². The highest BCUT2D eigenvalue weighted by Crippen LogP contribution is 2.22. The smallest absolute Gasteiger partial charge is 0.410 e. The lowest BCUT2D eigenvalue weighted by atomic mass is 9.99. The third kappa shape index (κ3) is 4.85. The molecule has 2 atom stereocenters. The summed E-state index contributed by atoms with van der Waals surface area (Å²) in [4.78, 5) is 13.9. The largest absolute Gasteiger partial charge is 0.444 e. The minimum Gasteiger partial charge on any atom is -0.444 e. The zero-order valence-corrected chi connectivity index (χ0v) is 14.9. The van der Waals surface area contributed by atoms with Gasteiger partial charge in [0.2, 0.25) is 0 Å². The Balaban J connectivity index is 1.78. The van der Waals surface area contributed by atoms with Gasteiger partial charge in [0.25, 0.3) is 0 Å². The molecule has 5 nitrogen and oxygen atoms in total. The molecule has 0 aliphatic carbocycles. The zero-order valence-electron chi connectivity index (χ0n) is 14.9. The van der Waals surface area contributed by atoms with Crippen molar-refractivity contribution in [3.05, 3.63) is 0 Å². The van der Waals surface area contributed by atoms with Gasteiger partial charge in [-0.3, -0.25) is 5.43 Å². The number of hydrogen-bond acceptors (Lipinski definition) is 4. The maximum absolute atomic E-state index is 12.1. The molecule has 1 N–H and O–H groups in total. The second-order valence-electron chi connectivity index (χ2n) is 7.91. The summed E-state index contributed by atoms with van der Waals surface area (Å²) in [6.45, 7) is 11.9. The Labute approximate surface area is 135 Å².